The van der Waals surface area contributed by atoms with Crippen LogP contribution in [0.3, 0.4) is 0 Å². The Bertz CT molecular complexity index is 716. The number of nitrogens with zero attached hydrogens (tertiary/aromatic N) is 1. The Hall–Kier alpha value is -2.07. The number of benzene rings is 1. The molecule has 0 amide bonds. The largest absolute Gasteiger partial charge is 0.492 e. The summed E-state index contributed by atoms with van der Waals surface area (Å²) in [5.41, 5.74) is 5.18. The highest BCUT2D eigenvalue weighted by molar-refractivity contribution is 6.01. The van der Waals surface area contributed by atoms with Crippen molar-refractivity contribution in [1.29, 1.82) is 0 Å². The molecule has 4 nitrogen and oxygen atoms in total. The zero-order chi connectivity index (χ0) is 16.4. The van der Waals surface area contributed by atoms with Crippen LogP contribution in [0.2, 0.25) is 0 Å². The van der Waals surface area contributed by atoms with Crippen LogP contribution in [0.1, 0.15) is 34.5 Å². The first-order chi connectivity index (χ1) is 11.1. The van der Waals surface area contributed by atoms with Crippen molar-refractivity contribution in [3.8, 4) is 17.0 Å². The molecule has 0 radical (unpaired) electrons. The molecule has 3 rings (SSSR count). The number of ketones is 1. The van der Waals surface area contributed by atoms with Gasteiger partial charge in [0, 0.05) is 35.5 Å². The third kappa shape index (κ3) is 3.32. The molecule has 1 aliphatic rings. The van der Waals surface area contributed by atoms with Crippen molar-refractivity contribution in [3.05, 3.63) is 41.1 Å². The van der Waals surface area contributed by atoms with Crippen LogP contribution in [-0.4, -0.2) is 42.9 Å². The van der Waals surface area contributed by atoms with Gasteiger partial charge in [0.2, 0.25) is 0 Å². The Kier molecular flexibility index (Phi) is 4.53. The predicted molar refractivity (Wildman–Crippen MR) is 92.3 cm³/mol. The summed E-state index contributed by atoms with van der Waals surface area (Å²) in [4.78, 5) is 17.7. The van der Waals surface area contributed by atoms with Crippen LogP contribution >= 0.6 is 0 Å². The summed E-state index contributed by atoms with van der Waals surface area (Å²) in [6, 6.07) is 8.09. The highest BCUT2D eigenvalue weighted by Crippen LogP contribution is 2.33. The van der Waals surface area contributed by atoms with E-state index in [1.165, 1.54) is 0 Å². The third-order valence-corrected chi connectivity index (χ3v) is 4.37. The fourth-order valence-electron chi connectivity index (χ4n) is 3.15. The number of fused-ring (bicyclic) bond motifs is 1. The van der Waals surface area contributed by atoms with Gasteiger partial charge in [-0.15, -0.1) is 0 Å². The number of Topliss-reactive ketones (excluding diaryl/α,β-unsaturated/α-hetero) is 1. The maximum atomic E-state index is 12.2. The molecule has 0 aliphatic heterocycles. The zero-order valence-corrected chi connectivity index (χ0v) is 14.1. The summed E-state index contributed by atoms with van der Waals surface area (Å²) in [5, 5.41) is 0. The van der Waals surface area contributed by atoms with Crippen LogP contribution in [0.5, 0.6) is 5.75 Å². The first-order valence-corrected chi connectivity index (χ1v) is 8.19. The number of carbonyl (C=O) groups is 1. The molecular formula is C19H24N2O2. The Morgan fingerprint density at radius 3 is 2.83 bits per heavy atom. The van der Waals surface area contributed by atoms with Gasteiger partial charge in [-0.3, -0.25) is 4.79 Å². The summed E-state index contributed by atoms with van der Waals surface area (Å²) in [5.74, 6) is 1.13. The van der Waals surface area contributed by atoms with E-state index in [9.17, 15) is 4.79 Å². The van der Waals surface area contributed by atoms with Crippen LogP contribution < -0.4 is 4.74 Å². The van der Waals surface area contributed by atoms with Gasteiger partial charge in [-0.25, -0.2) is 0 Å². The second-order valence-electron chi connectivity index (χ2n) is 6.43. The fraction of sp³-hybridized carbons (Fsp3) is 0.421. The van der Waals surface area contributed by atoms with Crippen LogP contribution in [-0.2, 0) is 6.42 Å². The Morgan fingerprint density at radius 1 is 1.26 bits per heavy atom. The molecular weight excluding hydrogens is 288 g/mol. The molecule has 0 fully saturated rings. The highest BCUT2D eigenvalue weighted by Gasteiger charge is 2.24. The maximum Gasteiger partial charge on any atom is 0.164 e. The number of ether oxygens (including phenoxy) is 1. The van der Waals surface area contributed by atoms with Gasteiger partial charge >= 0.3 is 0 Å². The number of carbonyl (C=O) groups excluding carboxylic acids is 1. The first-order valence-electron chi connectivity index (χ1n) is 8.19. The lowest BCUT2D eigenvalue weighted by Crippen LogP contribution is -2.19. The first kappa shape index (κ1) is 15.8. The SMILES string of the molecule is Cc1c(-c2cccc(OCCN(C)C)c2)[nH]c2c1C(=O)CCC2. The average molecular weight is 312 g/mol. The van der Waals surface area contributed by atoms with Crippen molar-refractivity contribution < 1.29 is 9.53 Å². The van der Waals surface area contributed by atoms with Gasteiger partial charge < -0.3 is 14.6 Å². The highest BCUT2D eigenvalue weighted by atomic mass is 16.5. The second kappa shape index (κ2) is 6.59. The van der Waals surface area contributed by atoms with Gasteiger partial charge in [0.1, 0.15) is 12.4 Å². The number of hydrogen-bond donors (Lipinski definition) is 1. The molecule has 1 aliphatic carbocycles. The van der Waals surface area contributed by atoms with E-state index < -0.39 is 0 Å². The molecule has 1 N–H and O–H groups in total. The molecule has 23 heavy (non-hydrogen) atoms. The van der Waals surface area contributed by atoms with Gasteiger partial charge in [-0.1, -0.05) is 12.1 Å². The summed E-state index contributed by atoms with van der Waals surface area (Å²) in [6.45, 7) is 3.58. The molecule has 122 valence electrons. The smallest absolute Gasteiger partial charge is 0.164 e. The number of H-pyrrole nitrogens is 1. The van der Waals surface area contributed by atoms with Crippen molar-refractivity contribution in [2.24, 2.45) is 0 Å². The minimum atomic E-state index is 0.268. The van der Waals surface area contributed by atoms with E-state index in [0.717, 1.165) is 53.2 Å². The molecule has 1 aromatic heterocycles. The van der Waals surface area contributed by atoms with E-state index in [0.29, 0.717) is 13.0 Å². The number of hydrogen-bond acceptors (Lipinski definition) is 3. The van der Waals surface area contributed by atoms with Gasteiger partial charge in [0.25, 0.3) is 0 Å². The molecule has 1 heterocycles. The predicted octanol–water partition coefficient (Wildman–Crippen LogP) is 3.45. The van der Waals surface area contributed by atoms with Crippen molar-refractivity contribution in [3.63, 3.8) is 0 Å². The molecule has 0 atom stereocenters. The summed E-state index contributed by atoms with van der Waals surface area (Å²) in [6.07, 6.45) is 2.57. The maximum absolute atomic E-state index is 12.2. The van der Waals surface area contributed by atoms with Gasteiger partial charge in [-0.2, -0.15) is 0 Å². The van der Waals surface area contributed by atoms with Crippen LogP contribution in [0, 0.1) is 6.92 Å². The number of aromatic amines is 1. The molecule has 0 unspecified atom stereocenters. The summed E-state index contributed by atoms with van der Waals surface area (Å²) >= 11 is 0. The molecule has 0 saturated heterocycles. The third-order valence-electron chi connectivity index (χ3n) is 4.37. The second-order valence-corrected chi connectivity index (χ2v) is 6.43. The number of rotatable bonds is 5. The summed E-state index contributed by atoms with van der Waals surface area (Å²) in [7, 11) is 4.06. The van der Waals surface area contributed by atoms with Crippen molar-refractivity contribution in [2.45, 2.75) is 26.2 Å². The number of nitrogens with one attached hydrogen (secondary N) is 1. The van der Waals surface area contributed by atoms with Crippen molar-refractivity contribution in [2.75, 3.05) is 27.2 Å². The number of aromatic nitrogens is 1. The lowest BCUT2D eigenvalue weighted by atomic mass is 9.93. The quantitative estimate of drug-likeness (QED) is 0.920. The molecule has 4 heteroatoms. The normalized spacial score (nSPS) is 14.2. The summed E-state index contributed by atoms with van der Waals surface area (Å²) < 4.78 is 5.82. The van der Waals surface area contributed by atoms with Crippen molar-refractivity contribution >= 4 is 5.78 Å². The number of aryl methyl sites for hydroxylation is 1. The van der Waals surface area contributed by atoms with E-state index in [4.69, 9.17) is 4.74 Å². The molecule has 0 saturated carbocycles. The average Bonchev–Trinajstić information content (AvgIpc) is 2.86. The standard InChI is InChI=1S/C19H24N2O2/c1-13-18-16(8-5-9-17(18)22)20-19(13)14-6-4-7-15(12-14)23-11-10-21(2)3/h4,6-7,12,20H,5,8-11H2,1-3H3. The Labute approximate surface area is 137 Å². The Balaban J connectivity index is 1.86. The van der Waals surface area contributed by atoms with E-state index in [1.54, 1.807) is 0 Å². The van der Waals surface area contributed by atoms with E-state index in [-0.39, 0.29) is 5.78 Å². The lowest BCUT2D eigenvalue weighted by Gasteiger charge is -2.11. The van der Waals surface area contributed by atoms with E-state index in [2.05, 4.69) is 16.0 Å². The Morgan fingerprint density at radius 2 is 2.09 bits per heavy atom. The van der Waals surface area contributed by atoms with E-state index in [1.807, 2.05) is 39.2 Å². The molecule has 0 spiro atoms. The fourth-order valence-corrected chi connectivity index (χ4v) is 3.15. The van der Waals surface area contributed by atoms with E-state index >= 15 is 0 Å². The lowest BCUT2D eigenvalue weighted by molar-refractivity contribution is 0.0972. The molecule has 1 aromatic carbocycles. The number of likely N-dealkylation sites (N-methyl/N-ethyl adjacent to an activating group) is 1. The van der Waals surface area contributed by atoms with Crippen LogP contribution in [0.4, 0.5) is 0 Å². The molecule has 2 aromatic rings. The zero-order valence-electron chi connectivity index (χ0n) is 14.1. The topological polar surface area (TPSA) is 45.3 Å². The minimum absolute atomic E-state index is 0.268. The van der Waals surface area contributed by atoms with Gasteiger partial charge in [-0.05, 0) is 51.6 Å². The van der Waals surface area contributed by atoms with Crippen LogP contribution in [0.15, 0.2) is 24.3 Å². The van der Waals surface area contributed by atoms with Gasteiger partial charge in [0.05, 0.1) is 0 Å². The van der Waals surface area contributed by atoms with Crippen LogP contribution in [0.25, 0.3) is 11.3 Å². The molecule has 0 bridgehead atoms. The van der Waals surface area contributed by atoms with Crippen molar-refractivity contribution in [1.82, 2.24) is 9.88 Å². The van der Waals surface area contributed by atoms with Gasteiger partial charge in [0.15, 0.2) is 5.78 Å². The monoisotopic (exact) mass is 312 g/mol. The minimum Gasteiger partial charge on any atom is -0.492 e.